The summed E-state index contributed by atoms with van der Waals surface area (Å²) >= 11 is 0. The molecule has 21 heavy (non-hydrogen) atoms. The minimum Gasteiger partial charge on any atom is -0.336 e. The van der Waals surface area contributed by atoms with E-state index in [9.17, 15) is 9.59 Å². The van der Waals surface area contributed by atoms with Gasteiger partial charge in [-0.1, -0.05) is 30.3 Å². The van der Waals surface area contributed by atoms with Crippen LogP contribution in [-0.4, -0.2) is 34.4 Å². The highest BCUT2D eigenvalue weighted by Gasteiger charge is 2.23. The summed E-state index contributed by atoms with van der Waals surface area (Å²) in [5.74, 6) is 0.442. The predicted octanol–water partition coefficient (Wildman–Crippen LogP) is 1.72. The molecule has 0 saturated heterocycles. The van der Waals surface area contributed by atoms with Gasteiger partial charge >= 0.3 is 6.03 Å². The molecule has 0 spiro atoms. The average molecular weight is 284 g/mol. The van der Waals surface area contributed by atoms with Gasteiger partial charge in [-0.25, -0.2) is 9.78 Å². The second-order valence-corrected chi connectivity index (χ2v) is 5.04. The lowest BCUT2D eigenvalue weighted by Crippen LogP contribution is -2.39. The number of hydrogen-bond acceptors (Lipinski definition) is 3. The molecule has 6 heteroatoms. The van der Waals surface area contributed by atoms with Crippen LogP contribution in [0.15, 0.2) is 36.5 Å². The molecule has 0 aliphatic heterocycles. The van der Waals surface area contributed by atoms with Crippen molar-refractivity contribution < 1.29 is 9.59 Å². The van der Waals surface area contributed by atoms with E-state index >= 15 is 0 Å². The molecule has 3 N–H and O–H groups in total. The summed E-state index contributed by atoms with van der Waals surface area (Å²) in [4.78, 5) is 30.6. The van der Waals surface area contributed by atoms with Crippen LogP contribution in [-0.2, 0) is 0 Å². The lowest BCUT2D eigenvalue weighted by molar-refractivity contribution is 0.0988. The summed E-state index contributed by atoms with van der Waals surface area (Å²) in [7, 11) is 0. The zero-order chi connectivity index (χ0) is 14.7. The van der Waals surface area contributed by atoms with E-state index in [1.807, 2.05) is 30.3 Å². The smallest absolute Gasteiger partial charge is 0.315 e. The number of carbonyl (C=O) groups is 2. The highest BCUT2D eigenvalue weighted by molar-refractivity contribution is 5.97. The van der Waals surface area contributed by atoms with Gasteiger partial charge in [-0.15, -0.1) is 0 Å². The van der Waals surface area contributed by atoms with Crippen LogP contribution in [0.25, 0.3) is 11.4 Å². The standard InChI is InChI=1S/C15H16N4O2/c20-13(9-17-15(21)18-11-6-7-11)12-8-16-14(19-12)10-4-2-1-3-5-10/h1-5,8,11H,6-7,9H2,(H,16,19)(H2,17,18,21). The van der Waals surface area contributed by atoms with E-state index < -0.39 is 0 Å². The van der Waals surface area contributed by atoms with Gasteiger partial charge in [0, 0.05) is 11.6 Å². The Balaban J connectivity index is 1.57. The number of H-pyrrole nitrogens is 1. The highest BCUT2D eigenvalue weighted by Crippen LogP contribution is 2.18. The minimum absolute atomic E-state index is 0.0467. The third-order valence-corrected chi connectivity index (χ3v) is 3.25. The van der Waals surface area contributed by atoms with Crippen LogP contribution in [0.2, 0.25) is 0 Å². The number of benzene rings is 1. The minimum atomic E-state index is -0.298. The molecule has 0 unspecified atom stereocenters. The molecule has 1 saturated carbocycles. The van der Waals surface area contributed by atoms with Gasteiger partial charge in [0.2, 0.25) is 0 Å². The molecular weight excluding hydrogens is 268 g/mol. The van der Waals surface area contributed by atoms with E-state index in [0.717, 1.165) is 18.4 Å². The van der Waals surface area contributed by atoms with E-state index in [-0.39, 0.29) is 24.4 Å². The van der Waals surface area contributed by atoms with Gasteiger partial charge in [-0.2, -0.15) is 0 Å². The Bertz CT molecular complexity index is 647. The van der Waals surface area contributed by atoms with Crippen molar-refractivity contribution in [1.29, 1.82) is 0 Å². The molecular formula is C15H16N4O2. The van der Waals surface area contributed by atoms with Gasteiger partial charge in [0.25, 0.3) is 0 Å². The van der Waals surface area contributed by atoms with Gasteiger partial charge < -0.3 is 15.6 Å². The van der Waals surface area contributed by atoms with Crippen molar-refractivity contribution in [2.75, 3.05) is 6.54 Å². The van der Waals surface area contributed by atoms with E-state index in [1.54, 1.807) is 0 Å². The molecule has 1 fully saturated rings. The van der Waals surface area contributed by atoms with E-state index in [0.29, 0.717) is 11.5 Å². The first-order valence-electron chi connectivity index (χ1n) is 6.90. The normalized spacial score (nSPS) is 13.7. The second-order valence-electron chi connectivity index (χ2n) is 5.04. The van der Waals surface area contributed by atoms with E-state index in [4.69, 9.17) is 0 Å². The van der Waals surface area contributed by atoms with Crippen LogP contribution >= 0.6 is 0 Å². The van der Waals surface area contributed by atoms with Crippen LogP contribution in [0, 0.1) is 0 Å². The summed E-state index contributed by atoms with van der Waals surface area (Å²) in [5, 5.41) is 5.32. The number of amides is 2. The molecule has 1 aromatic carbocycles. The molecule has 1 heterocycles. The summed E-state index contributed by atoms with van der Waals surface area (Å²) in [6.07, 6.45) is 3.52. The molecule has 1 aliphatic rings. The second kappa shape index (κ2) is 5.78. The number of ketones is 1. The Morgan fingerprint density at radius 3 is 2.71 bits per heavy atom. The first kappa shape index (κ1) is 13.4. The fraction of sp³-hybridized carbons (Fsp3) is 0.267. The van der Waals surface area contributed by atoms with Crippen LogP contribution in [0.5, 0.6) is 0 Å². The van der Waals surface area contributed by atoms with Crippen molar-refractivity contribution in [2.45, 2.75) is 18.9 Å². The largest absolute Gasteiger partial charge is 0.336 e. The Morgan fingerprint density at radius 2 is 2.00 bits per heavy atom. The third-order valence-electron chi connectivity index (χ3n) is 3.25. The summed E-state index contributed by atoms with van der Waals surface area (Å²) in [6, 6.07) is 9.53. The van der Waals surface area contributed by atoms with Gasteiger partial charge in [-0.3, -0.25) is 4.79 Å². The topological polar surface area (TPSA) is 86.9 Å². The number of nitrogens with zero attached hydrogens (tertiary/aromatic N) is 1. The first-order valence-corrected chi connectivity index (χ1v) is 6.90. The maximum absolute atomic E-state index is 12.0. The molecule has 3 rings (SSSR count). The van der Waals surface area contributed by atoms with Gasteiger partial charge in [0.05, 0.1) is 12.7 Å². The first-order chi connectivity index (χ1) is 10.2. The number of aromatic amines is 1. The third kappa shape index (κ3) is 3.47. The number of imidazole rings is 1. The monoisotopic (exact) mass is 284 g/mol. The number of nitrogens with one attached hydrogen (secondary N) is 3. The predicted molar refractivity (Wildman–Crippen MR) is 77.9 cm³/mol. The van der Waals surface area contributed by atoms with Crippen molar-refractivity contribution in [3.8, 4) is 11.4 Å². The van der Waals surface area contributed by atoms with Crippen LogP contribution in [0.1, 0.15) is 23.3 Å². The maximum Gasteiger partial charge on any atom is 0.315 e. The Kier molecular flexibility index (Phi) is 3.68. The molecule has 108 valence electrons. The van der Waals surface area contributed by atoms with E-state index in [1.165, 1.54) is 6.20 Å². The molecule has 0 radical (unpaired) electrons. The highest BCUT2D eigenvalue weighted by atomic mass is 16.2. The Labute approximate surface area is 122 Å². The fourth-order valence-electron chi connectivity index (χ4n) is 1.93. The zero-order valence-corrected chi connectivity index (χ0v) is 11.4. The molecule has 0 bridgehead atoms. The molecule has 1 aromatic heterocycles. The Morgan fingerprint density at radius 1 is 1.24 bits per heavy atom. The lowest BCUT2D eigenvalue weighted by Gasteiger charge is -2.04. The van der Waals surface area contributed by atoms with Crippen molar-refractivity contribution in [1.82, 2.24) is 20.6 Å². The van der Waals surface area contributed by atoms with Crippen molar-refractivity contribution >= 4 is 11.8 Å². The summed E-state index contributed by atoms with van der Waals surface area (Å²) in [6.45, 7) is -0.0467. The lowest BCUT2D eigenvalue weighted by atomic mass is 10.2. The van der Waals surface area contributed by atoms with Gasteiger partial charge in [0.15, 0.2) is 5.78 Å². The van der Waals surface area contributed by atoms with Crippen LogP contribution < -0.4 is 10.6 Å². The average Bonchev–Trinajstić information content (AvgIpc) is 3.18. The van der Waals surface area contributed by atoms with Gasteiger partial charge in [-0.05, 0) is 12.8 Å². The van der Waals surface area contributed by atoms with Crippen molar-refractivity contribution in [3.05, 3.63) is 42.2 Å². The summed E-state index contributed by atoms with van der Waals surface area (Å²) in [5.41, 5.74) is 1.30. The molecule has 2 amide bonds. The van der Waals surface area contributed by atoms with Gasteiger partial charge in [0.1, 0.15) is 11.5 Å². The van der Waals surface area contributed by atoms with Crippen LogP contribution in [0.4, 0.5) is 4.79 Å². The van der Waals surface area contributed by atoms with Crippen molar-refractivity contribution in [3.63, 3.8) is 0 Å². The quantitative estimate of drug-likeness (QED) is 0.731. The molecule has 1 aliphatic carbocycles. The number of carbonyl (C=O) groups excluding carboxylic acids is 2. The molecule has 2 aromatic rings. The van der Waals surface area contributed by atoms with E-state index in [2.05, 4.69) is 20.6 Å². The number of hydrogen-bond donors (Lipinski definition) is 3. The molecule has 6 nitrogen and oxygen atoms in total. The molecule has 0 atom stereocenters. The number of urea groups is 1. The SMILES string of the molecule is O=C(NCC(=O)c1cnc(-c2ccccc2)[nH]1)NC1CC1. The zero-order valence-electron chi connectivity index (χ0n) is 11.4. The number of rotatable bonds is 5. The number of aromatic nitrogens is 2. The number of Topliss-reactive ketones (excluding diaryl/α,β-unsaturated/α-hetero) is 1. The summed E-state index contributed by atoms with van der Waals surface area (Å²) < 4.78 is 0. The van der Waals surface area contributed by atoms with Crippen LogP contribution in [0.3, 0.4) is 0 Å². The Hall–Kier alpha value is -2.63. The fourth-order valence-corrected chi connectivity index (χ4v) is 1.93. The van der Waals surface area contributed by atoms with Crippen molar-refractivity contribution in [2.24, 2.45) is 0 Å². The maximum atomic E-state index is 12.0.